The Morgan fingerprint density at radius 2 is 2.00 bits per heavy atom. The summed E-state index contributed by atoms with van der Waals surface area (Å²) in [6, 6.07) is 2.20. The third-order valence-corrected chi connectivity index (χ3v) is 4.02. The van der Waals surface area contributed by atoms with E-state index < -0.39 is 35.8 Å². The average Bonchev–Trinajstić information content (AvgIpc) is 2.58. The van der Waals surface area contributed by atoms with Gasteiger partial charge in [0.25, 0.3) is 0 Å². The predicted molar refractivity (Wildman–Crippen MR) is 90.8 cm³/mol. The molecule has 156 valence electrons. The number of carbonyl (C=O) groups excluding carboxylic acids is 2. The number of rotatable bonds is 5. The van der Waals surface area contributed by atoms with Crippen LogP contribution in [0.15, 0.2) is 12.1 Å². The predicted octanol–water partition coefficient (Wildman–Crippen LogP) is 3.84. The van der Waals surface area contributed by atoms with Crippen LogP contribution in [-0.2, 0) is 14.3 Å². The van der Waals surface area contributed by atoms with Crippen molar-refractivity contribution in [2.24, 2.45) is 0 Å². The van der Waals surface area contributed by atoms with Crippen molar-refractivity contribution >= 4 is 23.4 Å². The van der Waals surface area contributed by atoms with Crippen molar-refractivity contribution in [3.05, 3.63) is 17.9 Å². The Morgan fingerprint density at radius 1 is 1.32 bits per heavy atom. The minimum absolute atomic E-state index is 0.0975. The molecule has 7 nitrogen and oxygen atoms in total. The lowest BCUT2D eigenvalue weighted by Gasteiger charge is -2.29. The molecule has 11 heteroatoms. The molecule has 1 aromatic carbocycles. The Balaban J connectivity index is 2.04. The van der Waals surface area contributed by atoms with E-state index in [2.05, 4.69) is 20.1 Å². The van der Waals surface area contributed by atoms with Crippen LogP contribution in [0.1, 0.15) is 26.7 Å². The van der Waals surface area contributed by atoms with Crippen LogP contribution in [0.4, 0.5) is 33.7 Å². The fraction of sp³-hybridized carbons (Fsp3) is 0.529. The number of fused-ring (bicyclic) bond motifs is 1. The van der Waals surface area contributed by atoms with Crippen LogP contribution in [0.25, 0.3) is 0 Å². The molecule has 2 N–H and O–H groups in total. The molecule has 0 bridgehead atoms. The molecule has 0 unspecified atom stereocenters. The summed E-state index contributed by atoms with van der Waals surface area (Å²) >= 11 is 0. The number of nitrogens with one attached hydrogen (secondary N) is 2. The SMILES string of the molecule is COC(=O)CC[C@H]1CNc2cc(NC(=O)OC(C)(C)C(F)(F)F)cc(F)c2O1. The van der Waals surface area contributed by atoms with E-state index >= 15 is 0 Å². The Labute approximate surface area is 158 Å². The number of hydrogen-bond acceptors (Lipinski definition) is 6. The van der Waals surface area contributed by atoms with Gasteiger partial charge in [0.1, 0.15) is 6.10 Å². The van der Waals surface area contributed by atoms with E-state index in [0.717, 1.165) is 6.07 Å². The number of carbonyl (C=O) groups is 2. The first-order chi connectivity index (χ1) is 12.9. The quantitative estimate of drug-likeness (QED) is 0.569. The molecule has 1 aromatic rings. The van der Waals surface area contributed by atoms with Gasteiger partial charge in [-0.15, -0.1) is 0 Å². The minimum Gasteiger partial charge on any atom is -0.483 e. The molecule has 28 heavy (non-hydrogen) atoms. The standard InChI is InChI=1S/C17H20F4N2O5/c1-16(2,17(19,20)21)28-15(25)23-9-6-11(18)14-12(7-9)22-8-10(27-14)4-5-13(24)26-3/h6-7,10,22H,4-5,8H2,1-3H3,(H,23,25)/t10-/m0/s1. The number of halogens is 4. The largest absolute Gasteiger partial charge is 0.483 e. The molecule has 0 saturated carbocycles. The fourth-order valence-electron chi connectivity index (χ4n) is 2.32. The first-order valence-corrected chi connectivity index (χ1v) is 8.30. The number of methoxy groups -OCH3 is 1. The van der Waals surface area contributed by atoms with E-state index in [-0.39, 0.29) is 30.1 Å². The number of anilines is 2. The Bertz CT molecular complexity index is 752. The zero-order valence-corrected chi connectivity index (χ0v) is 15.4. The summed E-state index contributed by atoms with van der Waals surface area (Å²) in [5.74, 6) is -1.37. The smallest absolute Gasteiger partial charge is 0.427 e. The molecule has 1 aliphatic rings. The molecule has 1 amide bonds. The molecular formula is C17H20F4N2O5. The molecular weight excluding hydrogens is 388 g/mol. The summed E-state index contributed by atoms with van der Waals surface area (Å²) in [5, 5.41) is 4.95. The van der Waals surface area contributed by atoms with Crippen LogP contribution in [0.5, 0.6) is 5.75 Å². The number of benzene rings is 1. The first-order valence-electron chi connectivity index (χ1n) is 8.30. The van der Waals surface area contributed by atoms with Gasteiger partial charge in [-0.3, -0.25) is 10.1 Å². The summed E-state index contributed by atoms with van der Waals surface area (Å²) in [4.78, 5) is 22.9. The summed E-state index contributed by atoms with van der Waals surface area (Å²) in [7, 11) is 1.26. The molecule has 1 heterocycles. The summed E-state index contributed by atoms with van der Waals surface area (Å²) in [6.07, 6.45) is -6.22. The molecule has 1 aliphatic heterocycles. The second kappa shape index (κ2) is 8.11. The highest BCUT2D eigenvalue weighted by Gasteiger charge is 2.51. The van der Waals surface area contributed by atoms with Crippen LogP contribution in [0.3, 0.4) is 0 Å². The van der Waals surface area contributed by atoms with Crippen LogP contribution in [0, 0.1) is 5.82 Å². The van der Waals surface area contributed by atoms with Gasteiger partial charge >= 0.3 is 18.2 Å². The summed E-state index contributed by atoms with van der Waals surface area (Å²) < 4.78 is 67.1. The maximum absolute atomic E-state index is 14.3. The Morgan fingerprint density at radius 3 is 2.61 bits per heavy atom. The highest BCUT2D eigenvalue weighted by atomic mass is 19.4. The highest BCUT2D eigenvalue weighted by molar-refractivity contribution is 5.86. The van der Waals surface area contributed by atoms with Gasteiger partial charge in [-0.1, -0.05) is 0 Å². The lowest BCUT2D eigenvalue weighted by Crippen LogP contribution is -2.44. The summed E-state index contributed by atoms with van der Waals surface area (Å²) in [5.41, 5.74) is -2.61. The average molecular weight is 408 g/mol. The van der Waals surface area contributed by atoms with Gasteiger partial charge in [0.2, 0.25) is 5.60 Å². The van der Waals surface area contributed by atoms with Crippen LogP contribution >= 0.6 is 0 Å². The second-order valence-corrected chi connectivity index (χ2v) is 6.59. The van der Waals surface area contributed by atoms with Crippen LogP contribution in [0.2, 0.25) is 0 Å². The Hall–Kier alpha value is -2.72. The highest BCUT2D eigenvalue weighted by Crippen LogP contribution is 2.36. The van der Waals surface area contributed by atoms with Gasteiger partial charge in [0.05, 0.1) is 19.3 Å². The number of amides is 1. The van der Waals surface area contributed by atoms with E-state index in [1.165, 1.54) is 13.2 Å². The summed E-state index contributed by atoms with van der Waals surface area (Å²) in [6.45, 7) is 1.66. The van der Waals surface area contributed by atoms with Gasteiger partial charge in [-0.2, -0.15) is 13.2 Å². The van der Waals surface area contributed by atoms with E-state index in [0.29, 0.717) is 20.3 Å². The van der Waals surface area contributed by atoms with Gasteiger partial charge in [-0.25, -0.2) is 9.18 Å². The second-order valence-electron chi connectivity index (χ2n) is 6.59. The zero-order valence-electron chi connectivity index (χ0n) is 15.4. The van der Waals surface area contributed by atoms with Crippen molar-refractivity contribution in [1.82, 2.24) is 0 Å². The molecule has 2 rings (SSSR count). The van der Waals surface area contributed by atoms with Gasteiger partial charge in [0.15, 0.2) is 11.6 Å². The van der Waals surface area contributed by atoms with Crippen LogP contribution in [-0.4, -0.2) is 43.6 Å². The first kappa shape index (κ1) is 21.6. The van der Waals surface area contributed by atoms with E-state index in [1.54, 1.807) is 0 Å². The normalized spacial score (nSPS) is 16.3. The van der Waals surface area contributed by atoms with Crippen molar-refractivity contribution in [1.29, 1.82) is 0 Å². The van der Waals surface area contributed by atoms with E-state index in [4.69, 9.17) is 4.74 Å². The molecule has 0 radical (unpaired) electrons. The van der Waals surface area contributed by atoms with Crippen molar-refractivity contribution < 1.29 is 41.4 Å². The van der Waals surface area contributed by atoms with Crippen molar-refractivity contribution in [3.8, 4) is 5.75 Å². The lowest BCUT2D eigenvalue weighted by molar-refractivity contribution is -0.242. The minimum atomic E-state index is -4.76. The van der Waals surface area contributed by atoms with Crippen molar-refractivity contribution in [3.63, 3.8) is 0 Å². The molecule has 0 aromatic heterocycles. The molecule has 0 spiro atoms. The number of ether oxygens (including phenoxy) is 3. The fourth-order valence-corrected chi connectivity index (χ4v) is 2.32. The number of alkyl halides is 3. The molecule has 0 fully saturated rings. The van der Waals surface area contributed by atoms with Crippen LogP contribution < -0.4 is 15.4 Å². The number of hydrogen-bond donors (Lipinski definition) is 2. The van der Waals surface area contributed by atoms with E-state index in [9.17, 15) is 27.2 Å². The van der Waals surface area contributed by atoms with Crippen molar-refractivity contribution in [2.75, 3.05) is 24.3 Å². The molecule has 1 atom stereocenters. The number of esters is 1. The third-order valence-electron chi connectivity index (χ3n) is 4.02. The molecule has 0 aliphatic carbocycles. The van der Waals surface area contributed by atoms with Gasteiger partial charge < -0.3 is 19.5 Å². The van der Waals surface area contributed by atoms with Gasteiger partial charge in [0, 0.05) is 18.2 Å². The zero-order chi connectivity index (χ0) is 21.1. The molecule has 0 saturated heterocycles. The third kappa shape index (κ3) is 5.17. The Kier molecular flexibility index (Phi) is 6.25. The van der Waals surface area contributed by atoms with Gasteiger partial charge in [-0.05, 0) is 26.3 Å². The van der Waals surface area contributed by atoms with E-state index in [1.807, 2.05) is 0 Å². The topological polar surface area (TPSA) is 85.9 Å². The van der Waals surface area contributed by atoms with Crippen molar-refractivity contribution in [2.45, 2.75) is 44.6 Å². The monoisotopic (exact) mass is 408 g/mol. The lowest BCUT2D eigenvalue weighted by atomic mass is 10.1. The maximum Gasteiger partial charge on any atom is 0.427 e. The maximum atomic E-state index is 14.3.